The van der Waals surface area contributed by atoms with E-state index in [0.717, 1.165) is 12.1 Å². The molecule has 0 saturated carbocycles. The predicted octanol–water partition coefficient (Wildman–Crippen LogP) is 2.81. The molecule has 0 radical (unpaired) electrons. The number of carbonyl (C=O) groups is 2. The highest BCUT2D eigenvalue weighted by atomic mass is 35.5. The summed E-state index contributed by atoms with van der Waals surface area (Å²) in [7, 11) is 0. The molecule has 12 heteroatoms. The molecule has 0 aromatic heterocycles. The monoisotopic (exact) mass is 441 g/mol. The van der Waals surface area contributed by atoms with Gasteiger partial charge in [-0.1, -0.05) is 17.7 Å². The molecule has 3 amide bonds. The van der Waals surface area contributed by atoms with Crippen LogP contribution in [0.4, 0.5) is 26.7 Å². The van der Waals surface area contributed by atoms with Crippen LogP contribution in [-0.2, 0) is 9.53 Å². The van der Waals surface area contributed by atoms with E-state index in [0.29, 0.717) is 0 Å². The minimum absolute atomic E-state index is 0.0221. The molecular formula is C17H17ClF5N3O3. The molecule has 4 atom stereocenters. The van der Waals surface area contributed by atoms with Crippen LogP contribution in [-0.4, -0.2) is 43.4 Å². The third kappa shape index (κ3) is 4.72. The fourth-order valence-electron chi connectivity index (χ4n) is 3.31. The largest absolute Gasteiger partial charge is 0.394 e. The minimum atomic E-state index is -4.44. The number of urea groups is 1. The number of hydrogen-bond acceptors (Lipinski definition) is 3. The van der Waals surface area contributed by atoms with Gasteiger partial charge in [-0.3, -0.25) is 4.79 Å². The van der Waals surface area contributed by atoms with Crippen molar-refractivity contribution in [1.29, 1.82) is 0 Å². The molecule has 2 saturated heterocycles. The van der Waals surface area contributed by atoms with Gasteiger partial charge >= 0.3 is 12.2 Å². The van der Waals surface area contributed by atoms with Gasteiger partial charge in [0.25, 0.3) is 0 Å². The van der Waals surface area contributed by atoms with E-state index in [2.05, 4.69) is 16.0 Å². The lowest BCUT2D eigenvalue weighted by Crippen LogP contribution is -2.49. The Labute approximate surface area is 167 Å². The molecule has 3 rings (SSSR count). The second-order valence-electron chi connectivity index (χ2n) is 6.85. The SMILES string of the molecule is O=C1NC[C@@H](C(=O)N[C@@H](c2ccc(F)c(Cl)c2F)[C@@H]2CC[C@@H](C(F)(F)F)CO2)N1. The van der Waals surface area contributed by atoms with Crippen molar-refractivity contribution in [1.82, 2.24) is 16.0 Å². The zero-order valence-electron chi connectivity index (χ0n) is 14.8. The maximum atomic E-state index is 14.6. The van der Waals surface area contributed by atoms with Crippen molar-refractivity contribution in [2.45, 2.75) is 37.2 Å². The lowest BCUT2D eigenvalue weighted by molar-refractivity contribution is -0.210. The van der Waals surface area contributed by atoms with Gasteiger partial charge in [0.05, 0.1) is 24.7 Å². The number of halogens is 6. The predicted molar refractivity (Wildman–Crippen MR) is 91.1 cm³/mol. The first-order valence-electron chi connectivity index (χ1n) is 8.74. The number of benzene rings is 1. The first kappa shape index (κ1) is 21.6. The molecular weight excluding hydrogens is 425 g/mol. The Morgan fingerprint density at radius 2 is 2.00 bits per heavy atom. The number of carbonyl (C=O) groups excluding carboxylic acids is 2. The summed E-state index contributed by atoms with van der Waals surface area (Å²) in [6.07, 6.45) is -5.84. The van der Waals surface area contributed by atoms with Crippen LogP contribution in [0.5, 0.6) is 0 Å². The van der Waals surface area contributed by atoms with E-state index >= 15 is 0 Å². The molecule has 6 nitrogen and oxygen atoms in total. The van der Waals surface area contributed by atoms with Gasteiger partial charge in [-0.15, -0.1) is 0 Å². The van der Waals surface area contributed by atoms with Crippen molar-refractivity contribution in [3.05, 3.63) is 34.4 Å². The van der Waals surface area contributed by atoms with E-state index in [-0.39, 0.29) is 24.9 Å². The van der Waals surface area contributed by atoms with Crippen LogP contribution >= 0.6 is 11.6 Å². The second kappa shape index (κ2) is 8.31. The number of hydrogen-bond donors (Lipinski definition) is 3. The van der Waals surface area contributed by atoms with Gasteiger partial charge in [-0.2, -0.15) is 13.2 Å². The Morgan fingerprint density at radius 3 is 2.55 bits per heavy atom. The highest BCUT2D eigenvalue weighted by molar-refractivity contribution is 6.31. The summed E-state index contributed by atoms with van der Waals surface area (Å²) >= 11 is 5.61. The summed E-state index contributed by atoms with van der Waals surface area (Å²) in [4.78, 5) is 23.7. The van der Waals surface area contributed by atoms with Crippen LogP contribution < -0.4 is 16.0 Å². The average molecular weight is 442 g/mol. The van der Waals surface area contributed by atoms with Gasteiger partial charge < -0.3 is 20.7 Å². The first-order chi connectivity index (χ1) is 13.6. The summed E-state index contributed by atoms with van der Waals surface area (Å²) in [6, 6.07) is -0.825. The lowest BCUT2D eigenvalue weighted by Gasteiger charge is -2.35. The number of amides is 3. The number of ether oxygens (including phenoxy) is 1. The van der Waals surface area contributed by atoms with Crippen LogP contribution in [0.15, 0.2) is 12.1 Å². The van der Waals surface area contributed by atoms with Crippen molar-refractivity contribution >= 4 is 23.5 Å². The molecule has 2 heterocycles. The van der Waals surface area contributed by atoms with Gasteiger partial charge in [0.1, 0.15) is 22.7 Å². The van der Waals surface area contributed by atoms with Crippen molar-refractivity contribution in [3.8, 4) is 0 Å². The highest BCUT2D eigenvalue weighted by Gasteiger charge is 2.44. The molecule has 2 aliphatic rings. The van der Waals surface area contributed by atoms with E-state index < -0.39 is 65.5 Å². The molecule has 1 aromatic rings. The van der Waals surface area contributed by atoms with Crippen molar-refractivity contribution in [3.63, 3.8) is 0 Å². The summed E-state index contributed by atoms with van der Waals surface area (Å²) in [5.74, 6) is -4.54. The molecule has 2 aliphatic heterocycles. The molecule has 0 spiro atoms. The smallest absolute Gasteiger partial charge is 0.375 e. The minimum Gasteiger partial charge on any atom is -0.375 e. The normalized spacial score (nSPS) is 25.9. The van der Waals surface area contributed by atoms with Crippen LogP contribution in [0.1, 0.15) is 24.4 Å². The molecule has 0 aliphatic carbocycles. The van der Waals surface area contributed by atoms with E-state index in [1.54, 1.807) is 0 Å². The Morgan fingerprint density at radius 1 is 1.28 bits per heavy atom. The van der Waals surface area contributed by atoms with Gasteiger partial charge in [0, 0.05) is 12.1 Å². The van der Waals surface area contributed by atoms with Gasteiger partial charge in [0.15, 0.2) is 0 Å². The van der Waals surface area contributed by atoms with Crippen molar-refractivity contribution in [2.75, 3.05) is 13.2 Å². The summed E-state index contributed by atoms with van der Waals surface area (Å²) in [6.45, 7) is -0.676. The van der Waals surface area contributed by atoms with Gasteiger partial charge in [-0.05, 0) is 18.9 Å². The number of alkyl halides is 3. The van der Waals surface area contributed by atoms with E-state index in [1.807, 2.05) is 0 Å². The standard InChI is InChI=1S/C17H17ClF5N3O3/c18-12-9(19)3-2-8(13(12)20)14(26-15(27)10-5-24-16(28)25-10)11-4-1-7(6-29-11)17(21,22)23/h2-3,7,10-11,14H,1,4-6H2,(H,26,27)(H2,24,25,28)/t7-,10+,11+,14+/m1/s1. The maximum Gasteiger partial charge on any atom is 0.394 e. The molecule has 1 aromatic carbocycles. The number of nitrogens with one attached hydrogen (secondary N) is 3. The van der Waals surface area contributed by atoms with Crippen LogP contribution in [0.25, 0.3) is 0 Å². The van der Waals surface area contributed by atoms with Crippen LogP contribution in [0.3, 0.4) is 0 Å². The van der Waals surface area contributed by atoms with Gasteiger partial charge in [-0.25, -0.2) is 13.6 Å². The Bertz CT molecular complexity index is 799. The molecule has 160 valence electrons. The second-order valence-corrected chi connectivity index (χ2v) is 7.22. The quantitative estimate of drug-likeness (QED) is 0.496. The molecule has 2 fully saturated rings. The zero-order chi connectivity index (χ0) is 21.3. The molecule has 0 unspecified atom stereocenters. The Kier molecular flexibility index (Phi) is 6.18. The molecule has 3 N–H and O–H groups in total. The average Bonchev–Trinajstić information content (AvgIpc) is 3.11. The zero-order valence-corrected chi connectivity index (χ0v) is 15.5. The first-order valence-corrected chi connectivity index (χ1v) is 9.12. The summed E-state index contributed by atoms with van der Waals surface area (Å²) in [5, 5.41) is 6.41. The summed E-state index contributed by atoms with van der Waals surface area (Å²) < 4.78 is 72.1. The van der Waals surface area contributed by atoms with Gasteiger partial charge in [0.2, 0.25) is 5.91 Å². The Balaban J connectivity index is 1.83. The third-order valence-corrected chi connectivity index (χ3v) is 5.28. The lowest BCUT2D eigenvalue weighted by atomic mass is 9.90. The molecule has 0 bridgehead atoms. The van der Waals surface area contributed by atoms with E-state index in [4.69, 9.17) is 16.3 Å². The summed E-state index contributed by atoms with van der Waals surface area (Å²) in [5.41, 5.74) is -0.225. The highest BCUT2D eigenvalue weighted by Crippen LogP contribution is 2.38. The third-order valence-electron chi connectivity index (χ3n) is 4.93. The van der Waals surface area contributed by atoms with Crippen LogP contribution in [0, 0.1) is 17.6 Å². The fourth-order valence-corrected chi connectivity index (χ4v) is 3.48. The Hall–Kier alpha value is -2.14. The van der Waals surface area contributed by atoms with Crippen molar-refractivity contribution in [2.24, 2.45) is 5.92 Å². The maximum absolute atomic E-state index is 14.6. The molecule has 29 heavy (non-hydrogen) atoms. The number of rotatable bonds is 4. The topological polar surface area (TPSA) is 79.5 Å². The van der Waals surface area contributed by atoms with Crippen LogP contribution in [0.2, 0.25) is 5.02 Å². The van der Waals surface area contributed by atoms with E-state index in [9.17, 15) is 31.5 Å². The van der Waals surface area contributed by atoms with E-state index in [1.165, 1.54) is 0 Å². The van der Waals surface area contributed by atoms with Crippen molar-refractivity contribution < 1.29 is 36.3 Å². The fraction of sp³-hybridized carbons (Fsp3) is 0.529.